The van der Waals surface area contributed by atoms with E-state index >= 15 is 4.39 Å². The molecule has 0 saturated carbocycles. The molecule has 1 fully saturated rings. The Labute approximate surface area is 204 Å². The predicted octanol–water partition coefficient (Wildman–Crippen LogP) is 6.96. The number of alkyl halides is 3. The van der Waals surface area contributed by atoms with Crippen LogP contribution in [-0.2, 0) is 0 Å². The topological polar surface area (TPSA) is 53.6 Å². The molecule has 1 amide bonds. The van der Waals surface area contributed by atoms with Crippen LogP contribution < -0.4 is 15.4 Å². The zero-order valence-electron chi connectivity index (χ0n) is 19.1. The van der Waals surface area contributed by atoms with Crippen LogP contribution in [0, 0.1) is 11.6 Å². The molecule has 1 saturated heterocycles. The van der Waals surface area contributed by atoms with Crippen molar-refractivity contribution in [2.75, 3.05) is 17.2 Å². The molecular weight excluding hydrogens is 493 g/mol. The van der Waals surface area contributed by atoms with Crippen molar-refractivity contribution in [1.29, 1.82) is 0 Å². The van der Waals surface area contributed by atoms with Crippen LogP contribution in [0.2, 0.25) is 5.02 Å². The number of amides is 1. The number of carbonyl (C=O) groups excluding carboxylic acids is 1. The Balaban J connectivity index is 1.95. The zero-order valence-corrected chi connectivity index (χ0v) is 19.9. The predicted molar refractivity (Wildman–Crippen MR) is 125 cm³/mol. The summed E-state index contributed by atoms with van der Waals surface area (Å²) in [5, 5.41) is 4.82. The van der Waals surface area contributed by atoms with Crippen LogP contribution in [0.25, 0.3) is 0 Å². The number of likely N-dealkylation sites (tertiary alicyclic amines) is 1. The Kier molecular flexibility index (Phi) is 8.15. The summed E-state index contributed by atoms with van der Waals surface area (Å²) in [7, 11) is 0. The number of hydrogen-bond acceptors (Lipinski definition) is 4. The summed E-state index contributed by atoms with van der Waals surface area (Å²) >= 11 is 5.91. The van der Waals surface area contributed by atoms with Gasteiger partial charge in [-0.3, -0.25) is 4.79 Å². The van der Waals surface area contributed by atoms with Crippen LogP contribution in [0.3, 0.4) is 0 Å². The lowest BCUT2D eigenvalue weighted by atomic mass is 10.1. The number of rotatable bonds is 8. The van der Waals surface area contributed by atoms with E-state index in [1.165, 1.54) is 12.1 Å². The molecule has 2 atom stereocenters. The second-order valence-electron chi connectivity index (χ2n) is 8.15. The number of benzene rings is 2. The van der Waals surface area contributed by atoms with Crippen molar-refractivity contribution in [3.63, 3.8) is 0 Å². The molecule has 1 heterocycles. The van der Waals surface area contributed by atoms with Gasteiger partial charge in [0.15, 0.2) is 6.10 Å². The molecule has 0 radical (unpaired) electrons. The van der Waals surface area contributed by atoms with E-state index in [0.29, 0.717) is 12.4 Å². The van der Waals surface area contributed by atoms with Gasteiger partial charge in [0.05, 0.1) is 27.8 Å². The van der Waals surface area contributed by atoms with Gasteiger partial charge in [-0.25, -0.2) is 8.78 Å². The number of carbonyl (C=O) groups is 1. The highest BCUT2D eigenvalue weighted by Crippen LogP contribution is 2.34. The van der Waals surface area contributed by atoms with Crippen molar-refractivity contribution in [2.24, 2.45) is 0 Å². The Hall–Kier alpha value is -3.01. The van der Waals surface area contributed by atoms with Crippen molar-refractivity contribution < 1.29 is 31.5 Å². The molecule has 0 bridgehead atoms. The average Bonchev–Trinajstić information content (AvgIpc) is 3.26. The minimum atomic E-state index is -4.75. The Morgan fingerprint density at radius 1 is 1.26 bits per heavy atom. The maximum atomic E-state index is 15.0. The van der Waals surface area contributed by atoms with Crippen molar-refractivity contribution in [3.8, 4) is 5.75 Å². The quantitative estimate of drug-likeness (QED) is 0.372. The Morgan fingerprint density at radius 2 is 1.97 bits per heavy atom. The molecule has 0 aliphatic carbocycles. The third kappa shape index (κ3) is 6.17. The Bertz CT molecular complexity index is 1090. The summed E-state index contributed by atoms with van der Waals surface area (Å²) in [6.45, 7) is 7.39. The summed E-state index contributed by atoms with van der Waals surface area (Å²) in [4.78, 5) is 14.8. The summed E-state index contributed by atoms with van der Waals surface area (Å²) < 4.78 is 73.7. The van der Waals surface area contributed by atoms with E-state index < -0.39 is 46.8 Å². The Morgan fingerprint density at radius 3 is 2.60 bits per heavy atom. The van der Waals surface area contributed by atoms with E-state index in [4.69, 9.17) is 16.3 Å². The number of anilines is 2. The van der Waals surface area contributed by atoms with Crippen molar-refractivity contribution in [1.82, 2.24) is 4.90 Å². The first kappa shape index (κ1) is 26.6. The fraction of sp³-hybridized carbons (Fsp3) is 0.375. The molecule has 0 spiro atoms. The van der Waals surface area contributed by atoms with Gasteiger partial charge in [-0.15, -0.1) is 0 Å². The SMILES string of the molecule is C=C(Nc1cc(O[C@@H](C)C(F)(F)F)c(C(=O)Nc2c(F)cccc2Cl)cc1F)N1CCCC1CC. The van der Waals surface area contributed by atoms with Crippen LogP contribution in [0.5, 0.6) is 5.75 Å². The molecule has 1 aliphatic heterocycles. The van der Waals surface area contributed by atoms with Gasteiger partial charge in [-0.05, 0) is 44.4 Å². The smallest absolute Gasteiger partial charge is 0.425 e. The van der Waals surface area contributed by atoms with Gasteiger partial charge in [0.25, 0.3) is 5.91 Å². The maximum Gasteiger partial charge on any atom is 0.425 e. The van der Waals surface area contributed by atoms with Gasteiger partial charge >= 0.3 is 6.18 Å². The minimum Gasteiger partial charge on any atom is -0.480 e. The second kappa shape index (κ2) is 10.7. The minimum absolute atomic E-state index is 0.143. The van der Waals surface area contributed by atoms with Gasteiger partial charge in [0.1, 0.15) is 17.4 Å². The molecule has 3 rings (SSSR count). The summed E-state index contributed by atoms with van der Waals surface area (Å²) in [6, 6.07) is 5.53. The van der Waals surface area contributed by atoms with Gasteiger partial charge in [0, 0.05) is 18.7 Å². The van der Waals surface area contributed by atoms with Gasteiger partial charge in [-0.1, -0.05) is 31.2 Å². The third-order valence-electron chi connectivity index (χ3n) is 5.75. The first-order chi connectivity index (χ1) is 16.4. The van der Waals surface area contributed by atoms with Crippen LogP contribution in [-0.4, -0.2) is 35.7 Å². The highest BCUT2D eigenvalue weighted by Gasteiger charge is 2.39. The van der Waals surface area contributed by atoms with Crippen molar-refractivity contribution >= 4 is 28.9 Å². The van der Waals surface area contributed by atoms with E-state index in [2.05, 4.69) is 17.2 Å². The molecule has 0 aromatic heterocycles. The van der Waals surface area contributed by atoms with E-state index in [-0.39, 0.29) is 16.8 Å². The van der Waals surface area contributed by atoms with E-state index in [1.807, 2.05) is 11.8 Å². The van der Waals surface area contributed by atoms with E-state index in [0.717, 1.165) is 44.4 Å². The van der Waals surface area contributed by atoms with Crippen LogP contribution in [0.4, 0.5) is 33.3 Å². The number of halogens is 6. The average molecular weight is 518 g/mol. The molecule has 1 aliphatic rings. The lowest BCUT2D eigenvalue weighted by Gasteiger charge is -2.29. The fourth-order valence-electron chi connectivity index (χ4n) is 3.82. The largest absolute Gasteiger partial charge is 0.480 e. The molecule has 1 unspecified atom stereocenters. The summed E-state index contributed by atoms with van der Waals surface area (Å²) in [5.74, 6) is -3.09. The van der Waals surface area contributed by atoms with Gasteiger partial charge in [-0.2, -0.15) is 13.2 Å². The number of para-hydroxylation sites is 1. The standard InChI is InChI=1S/C24H25ClF5N3O2/c1-4-15-7-6-10-33(15)14(3)31-20-12-21(35-13(2)24(28,29)30)16(11-19(20)27)23(34)32-22-17(25)8-5-9-18(22)26/h5,8-9,11-13,15,31H,3-4,6-7,10H2,1-2H3,(H,32,34)/t13-,15?/m0/s1. The van der Waals surface area contributed by atoms with E-state index in [9.17, 15) is 22.4 Å². The number of nitrogens with one attached hydrogen (secondary N) is 2. The molecule has 190 valence electrons. The lowest BCUT2D eigenvalue weighted by Crippen LogP contribution is -2.32. The normalized spacial score (nSPS) is 16.7. The highest BCUT2D eigenvalue weighted by molar-refractivity contribution is 6.34. The molecule has 11 heteroatoms. The first-order valence-electron chi connectivity index (χ1n) is 11.0. The van der Waals surface area contributed by atoms with Crippen molar-refractivity contribution in [3.05, 3.63) is 65.0 Å². The highest BCUT2D eigenvalue weighted by atomic mass is 35.5. The molecular formula is C24H25ClF5N3O2. The van der Waals surface area contributed by atoms with E-state index in [1.54, 1.807) is 0 Å². The molecule has 5 nitrogen and oxygen atoms in total. The van der Waals surface area contributed by atoms with Gasteiger partial charge < -0.3 is 20.3 Å². The zero-order chi connectivity index (χ0) is 25.9. The van der Waals surface area contributed by atoms with Crippen molar-refractivity contribution in [2.45, 2.75) is 51.4 Å². The van der Waals surface area contributed by atoms with Crippen LogP contribution in [0.1, 0.15) is 43.5 Å². The first-order valence-corrected chi connectivity index (χ1v) is 11.3. The fourth-order valence-corrected chi connectivity index (χ4v) is 4.03. The molecule has 35 heavy (non-hydrogen) atoms. The lowest BCUT2D eigenvalue weighted by molar-refractivity contribution is -0.189. The van der Waals surface area contributed by atoms with Gasteiger partial charge in [0.2, 0.25) is 0 Å². The summed E-state index contributed by atoms with van der Waals surface area (Å²) in [6.07, 6.45) is -4.35. The molecule has 2 aromatic carbocycles. The third-order valence-corrected chi connectivity index (χ3v) is 6.07. The van der Waals surface area contributed by atoms with Crippen LogP contribution in [0.15, 0.2) is 42.7 Å². The molecule has 2 aromatic rings. The number of hydrogen-bond donors (Lipinski definition) is 2. The van der Waals surface area contributed by atoms with Crippen LogP contribution >= 0.6 is 11.6 Å². The number of ether oxygens (including phenoxy) is 1. The summed E-state index contributed by atoms with van der Waals surface area (Å²) in [5.41, 5.74) is -1.19. The maximum absolute atomic E-state index is 15.0. The monoisotopic (exact) mass is 517 g/mol. The second-order valence-corrected chi connectivity index (χ2v) is 8.56. The number of nitrogens with zero attached hydrogens (tertiary/aromatic N) is 1. The molecule has 2 N–H and O–H groups in total.